The van der Waals surface area contributed by atoms with Gasteiger partial charge in [0.2, 0.25) is 0 Å². The molecule has 1 saturated heterocycles. The normalized spacial score (nSPS) is 20.2. The van der Waals surface area contributed by atoms with E-state index in [9.17, 15) is 4.39 Å². The van der Waals surface area contributed by atoms with E-state index in [1.807, 2.05) is 0 Å². The van der Waals surface area contributed by atoms with E-state index in [0.29, 0.717) is 11.5 Å². The first-order chi connectivity index (χ1) is 7.83. The second-order valence-electron chi connectivity index (χ2n) is 4.21. The molecule has 3 nitrogen and oxygen atoms in total. The van der Waals surface area contributed by atoms with E-state index in [-0.39, 0.29) is 18.2 Å². The second-order valence-corrected chi connectivity index (χ2v) is 4.21. The van der Waals surface area contributed by atoms with Crippen LogP contribution in [0.2, 0.25) is 0 Å². The Hall–Kier alpha value is -1.13. The van der Waals surface area contributed by atoms with Crippen molar-refractivity contribution < 1.29 is 8.81 Å². The Kier molecular flexibility index (Phi) is 3.64. The van der Waals surface area contributed by atoms with Crippen LogP contribution in [0.4, 0.5) is 4.39 Å². The predicted octanol–water partition coefficient (Wildman–Crippen LogP) is 2.86. The molecule has 0 spiro atoms. The quantitative estimate of drug-likeness (QED) is 0.853. The molecule has 2 heterocycles. The van der Waals surface area contributed by atoms with Crippen molar-refractivity contribution in [1.29, 1.82) is 0 Å². The van der Waals surface area contributed by atoms with Gasteiger partial charge in [0.25, 0.3) is 0 Å². The zero-order chi connectivity index (χ0) is 11.0. The van der Waals surface area contributed by atoms with E-state index < -0.39 is 0 Å². The SMILES string of the molecule is Cl.Fc1ccc2nc(C3CCCNC3)oc2c1. The Bertz CT molecular complexity index is 508. The summed E-state index contributed by atoms with van der Waals surface area (Å²) in [5.74, 6) is 0.772. The molecule has 92 valence electrons. The summed E-state index contributed by atoms with van der Waals surface area (Å²) in [5.41, 5.74) is 1.28. The molecule has 2 aromatic rings. The van der Waals surface area contributed by atoms with E-state index in [1.54, 1.807) is 6.07 Å². The van der Waals surface area contributed by atoms with Crippen molar-refractivity contribution in [2.24, 2.45) is 0 Å². The summed E-state index contributed by atoms with van der Waals surface area (Å²) < 4.78 is 18.6. The van der Waals surface area contributed by atoms with Crippen molar-refractivity contribution in [1.82, 2.24) is 10.3 Å². The molecule has 1 aliphatic heterocycles. The van der Waals surface area contributed by atoms with Gasteiger partial charge in [-0.2, -0.15) is 0 Å². The molecule has 1 aromatic carbocycles. The molecule has 1 atom stereocenters. The predicted molar refractivity (Wildman–Crippen MR) is 66.1 cm³/mol. The summed E-state index contributed by atoms with van der Waals surface area (Å²) in [6, 6.07) is 4.46. The molecule has 0 radical (unpaired) electrons. The Morgan fingerprint density at radius 3 is 3.06 bits per heavy atom. The van der Waals surface area contributed by atoms with Crippen molar-refractivity contribution >= 4 is 23.5 Å². The van der Waals surface area contributed by atoms with Crippen molar-refractivity contribution in [2.45, 2.75) is 18.8 Å². The van der Waals surface area contributed by atoms with Crippen molar-refractivity contribution in [2.75, 3.05) is 13.1 Å². The van der Waals surface area contributed by atoms with Crippen LogP contribution in [0.5, 0.6) is 0 Å². The molecule has 0 bridgehead atoms. The molecular weight excluding hydrogens is 243 g/mol. The Morgan fingerprint density at radius 2 is 2.29 bits per heavy atom. The van der Waals surface area contributed by atoms with Crippen LogP contribution >= 0.6 is 12.4 Å². The smallest absolute Gasteiger partial charge is 0.199 e. The van der Waals surface area contributed by atoms with Crippen molar-refractivity contribution in [3.63, 3.8) is 0 Å². The average molecular weight is 257 g/mol. The first-order valence-corrected chi connectivity index (χ1v) is 5.59. The number of nitrogens with zero attached hydrogens (tertiary/aromatic N) is 1. The minimum Gasteiger partial charge on any atom is -0.440 e. The number of piperidine rings is 1. The molecule has 0 saturated carbocycles. The fourth-order valence-corrected chi connectivity index (χ4v) is 2.15. The van der Waals surface area contributed by atoms with Crippen LogP contribution in [0.1, 0.15) is 24.7 Å². The highest BCUT2D eigenvalue weighted by molar-refractivity contribution is 5.85. The third-order valence-electron chi connectivity index (χ3n) is 3.01. The molecule has 1 unspecified atom stereocenters. The van der Waals surface area contributed by atoms with Gasteiger partial charge in [-0.15, -0.1) is 12.4 Å². The molecule has 1 fully saturated rings. The summed E-state index contributed by atoms with van der Waals surface area (Å²) in [4.78, 5) is 4.40. The topological polar surface area (TPSA) is 38.1 Å². The number of halogens is 2. The maximum Gasteiger partial charge on any atom is 0.199 e. The molecule has 5 heteroatoms. The number of aromatic nitrogens is 1. The number of benzene rings is 1. The fraction of sp³-hybridized carbons (Fsp3) is 0.417. The highest BCUT2D eigenvalue weighted by atomic mass is 35.5. The molecule has 0 aliphatic carbocycles. The van der Waals surface area contributed by atoms with E-state index in [2.05, 4.69) is 10.3 Å². The van der Waals surface area contributed by atoms with E-state index in [4.69, 9.17) is 4.42 Å². The van der Waals surface area contributed by atoms with Crippen LogP contribution in [-0.4, -0.2) is 18.1 Å². The Morgan fingerprint density at radius 1 is 1.41 bits per heavy atom. The van der Waals surface area contributed by atoms with Gasteiger partial charge >= 0.3 is 0 Å². The lowest BCUT2D eigenvalue weighted by molar-refractivity contribution is 0.387. The largest absolute Gasteiger partial charge is 0.440 e. The minimum atomic E-state index is -0.281. The lowest BCUT2D eigenvalue weighted by atomic mass is 10.00. The van der Waals surface area contributed by atoms with Crippen LogP contribution in [0, 0.1) is 5.82 Å². The monoisotopic (exact) mass is 256 g/mol. The standard InChI is InChI=1S/C12H13FN2O.ClH/c13-9-3-4-10-11(6-9)16-12(15-10)8-2-1-5-14-7-8;/h3-4,6,8,14H,1-2,5,7H2;1H. The molecule has 3 rings (SSSR count). The zero-order valence-electron chi connectivity index (χ0n) is 9.28. The zero-order valence-corrected chi connectivity index (χ0v) is 10.1. The first-order valence-electron chi connectivity index (χ1n) is 5.59. The van der Waals surface area contributed by atoms with Crippen LogP contribution in [0.3, 0.4) is 0 Å². The summed E-state index contributed by atoms with van der Waals surface area (Å²) in [6.45, 7) is 1.96. The maximum atomic E-state index is 13.0. The van der Waals surface area contributed by atoms with E-state index in [1.165, 1.54) is 12.1 Å². The van der Waals surface area contributed by atoms with Crippen LogP contribution in [0.25, 0.3) is 11.1 Å². The maximum absolute atomic E-state index is 13.0. The summed E-state index contributed by atoms with van der Waals surface area (Å²) in [6.07, 6.45) is 2.22. The minimum absolute atomic E-state index is 0. The molecule has 0 amide bonds. The average Bonchev–Trinajstić information content (AvgIpc) is 2.73. The third-order valence-corrected chi connectivity index (χ3v) is 3.01. The number of nitrogens with one attached hydrogen (secondary N) is 1. The number of hydrogen-bond acceptors (Lipinski definition) is 3. The molecule has 1 N–H and O–H groups in total. The fourth-order valence-electron chi connectivity index (χ4n) is 2.15. The van der Waals surface area contributed by atoms with Crippen molar-refractivity contribution in [3.05, 3.63) is 29.9 Å². The van der Waals surface area contributed by atoms with Crippen LogP contribution < -0.4 is 5.32 Å². The number of fused-ring (bicyclic) bond motifs is 1. The van der Waals surface area contributed by atoms with Crippen LogP contribution in [0.15, 0.2) is 22.6 Å². The van der Waals surface area contributed by atoms with E-state index >= 15 is 0 Å². The van der Waals surface area contributed by atoms with Gasteiger partial charge in [0.05, 0.1) is 0 Å². The number of rotatable bonds is 1. The highest BCUT2D eigenvalue weighted by Gasteiger charge is 2.20. The third kappa shape index (κ3) is 2.42. The molecule has 1 aliphatic rings. The van der Waals surface area contributed by atoms with Gasteiger partial charge in [-0.1, -0.05) is 0 Å². The summed E-state index contributed by atoms with van der Waals surface area (Å²) >= 11 is 0. The van der Waals surface area contributed by atoms with Gasteiger partial charge in [0.15, 0.2) is 11.5 Å². The van der Waals surface area contributed by atoms with Gasteiger partial charge in [0.1, 0.15) is 11.3 Å². The van der Waals surface area contributed by atoms with E-state index in [0.717, 1.165) is 37.3 Å². The highest BCUT2D eigenvalue weighted by Crippen LogP contribution is 2.26. The van der Waals surface area contributed by atoms with Gasteiger partial charge < -0.3 is 9.73 Å². The molecule has 17 heavy (non-hydrogen) atoms. The lowest BCUT2D eigenvalue weighted by Crippen LogP contribution is -2.28. The van der Waals surface area contributed by atoms with Crippen LogP contribution in [-0.2, 0) is 0 Å². The van der Waals surface area contributed by atoms with Gasteiger partial charge in [-0.3, -0.25) is 0 Å². The number of oxazole rings is 1. The Labute approximate surface area is 105 Å². The summed E-state index contributed by atoms with van der Waals surface area (Å²) in [7, 11) is 0. The number of hydrogen-bond donors (Lipinski definition) is 1. The first kappa shape index (κ1) is 12.3. The Balaban J connectivity index is 0.00000108. The lowest BCUT2D eigenvalue weighted by Gasteiger charge is -2.19. The van der Waals surface area contributed by atoms with Gasteiger partial charge in [-0.05, 0) is 31.5 Å². The van der Waals surface area contributed by atoms with Crippen molar-refractivity contribution in [3.8, 4) is 0 Å². The second kappa shape index (κ2) is 5.02. The summed E-state index contributed by atoms with van der Waals surface area (Å²) in [5, 5.41) is 3.31. The molecule has 1 aromatic heterocycles. The van der Waals surface area contributed by atoms with Gasteiger partial charge in [-0.25, -0.2) is 9.37 Å². The molecular formula is C12H14ClFN2O. The van der Waals surface area contributed by atoms with Gasteiger partial charge in [0, 0.05) is 18.5 Å².